The Morgan fingerprint density at radius 1 is 1.19 bits per heavy atom. The number of rotatable bonds is 4. The van der Waals surface area contributed by atoms with Crippen LogP contribution in [0.25, 0.3) is 0 Å². The van der Waals surface area contributed by atoms with Crippen LogP contribution >= 0.6 is 0 Å². The summed E-state index contributed by atoms with van der Waals surface area (Å²) in [5.41, 5.74) is 1.07. The van der Waals surface area contributed by atoms with E-state index in [4.69, 9.17) is 9.47 Å². The molecule has 0 spiro atoms. The summed E-state index contributed by atoms with van der Waals surface area (Å²) in [6.45, 7) is 13.2. The number of nitro groups is 1. The average molecular weight is 371 g/mol. The molecule has 0 aromatic heterocycles. The molecular formula is C20H38N2O4. The van der Waals surface area contributed by atoms with E-state index in [1.54, 1.807) is 0 Å². The van der Waals surface area contributed by atoms with E-state index in [2.05, 4.69) is 27.7 Å². The molecule has 2 saturated heterocycles. The molecule has 6 nitrogen and oxygen atoms in total. The Bertz CT molecular complexity index is 447. The second kappa shape index (κ2) is 12.3. The van der Waals surface area contributed by atoms with Gasteiger partial charge in [0.1, 0.15) is 6.23 Å². The minimum absolute atomic E-state index is 0.0578. The fourth-order valence-electron chi connectivity index (χ4n) is 3.54. The van der Waals surface area contributed by atoms with Crippen LogP contribution in [0.2, 0.25) is 0 Å². The lowest BCUT2D eigenvalue weighted by molar-refractivity contribution is -0.447. The van der Waals surface area contributed by atoms with Gasteiger partial charge in [-0.25, -0.2) is 0 Å². The van der Waals surface area contributed by atoms with Crippen LogP contribution in [0.5, 0.6) is 0 Å². The van der Waals surface area contributed by atoms with Gasteiger partial charge < -0.3 is 14.4 Å². The molecule has 3 atom stereocenters. The summed E-state index contributed by atoms with van der Waals surface area (Å²) >= 11 is 0. The molecule has 0 aromatic carbocycles. The summed E-state index contributed by atoms with van der Waals surface area (Å²) in [7, 11) is 0. The van der Waals surface area contributed by atoms with E-state index in [1.165, 1.54) is 19.3 Å². The lowest BCUT2D eigenvalue weighted by atomic mass is 9.99. The lowest BCUT2D eigenvalue weighted by Gasteiger charge is -2.42. The standard InChI is InChI=1S/C11H18N2O3.C6H12O.C3H8/c1-3-7-12-8(2)11(13(14)15)9-5-4-6-10(12)16-9;1-2-6-3-4-7-5-6;1-3-2/h9-10H,3-7H2,1-2H3;6H,2-5H2,1H3;3H2,1-2H3. The van der Waals surface area contributed by atoms with E-state index in [0.29, 0.717) is 0 Å². The molecule has 26 heavy (non-hydrogen) atoms. The molecule has 152 valence electrons. The van der Waals surface area contributed by atoms with Gasteiger partial charge in [0, 0.05) is 19.8 Å². The number of fused-ring (bicyclic) bond motifs is 2. The van der Waals surface area contributed by atoms with Gasteiger partial charge in [-0.2, -0.15) is 0 Å². The topological polar surface area (TPSA) is 64.8 Å². The van der Waals surface area contributed by atoms with Gasteiger partial charge in [-0.05, 0) is 44.9 Å². The fourth-order valence-corrected chi connectivity index (χ4v) is 3.54. The molecule has 2 bridgehead atoms. The van der Waals surface area contributed by atoms with E-state index in [0.717, 1.165) is 57.1 Å². The van der Waals surface area contributed by atoms with Gasteiger partial charge in [0.2, 0.25) is 0 Å². The Balaban J connectivity index is 0.000000280. The van der Waals surface area contributed by atoms with Crippen LogP contribution in [0.1, 0.15) is 79.6 Å². The zero-order chi connectivity index (χ0) is 19.5. The van der Waals surface area contributed by atoms with Crippen molar-refractivity contribution in [1.82, 2.24) is 4.90 Å². The zero-order valence-electron chi connectivity index (χ0n) is 17.3. The zero-order valence-corrected chi connectivity index (χ0v) is 17.3. The molecule has 3 rings (SSSR count). The largest absolute Gasteiger partial charge is 0.381 e. The van der Waals surface area contributed by atoms with Crippen LogP contribution in [0.4, 0.5) is 0 Å². The van der Waals surface area contributed by atoms with Gasteiger partial charge in [0.15, 0.2) is 6.10 Å². The lowest BCUT2D eigenvalue weighted by Crippen LogP contribution is -2.48. The molecular weight excluding hydrogens is 332 g/mol. The van der Waals surface area contributed by atoms with Crippen molar-refractivity contribution in [2.75, 3.05) is 19.8 Å². The predicted octanol–water partition coefficient (Wildman–Crippen LogP) is 4.96. The van der Waals surface area contributed by atoms with Gasteiger partial charge in [0.05, 0.1) is 10.6 Å². The maximum atomic E-state index is 11.1. The summed E-state index contributed by atoms with van der Waals surface area (Å²) in [5, 5.41) is 11.1. The van der Waals surface area contributed by atoms with Gasteiger partial charge in [-0.3, -0.25) is 10.1 Å². The van der Waals surface area contributed by atoms with Crippen molar-refractivity contribution < 1.29 is 14.4 Å². The number of hydrogen-bond acceptors (Lipinski definition) is 5. The summed E-state index contributed by atoms with van der Waals surface area (Å²) < 4.78 is 10.9. The third-order valence-electron chi connectivity index (χ3n) is 4.96. The summed E-state index contributed by atoms with van der Waals surface area (Å²) in [5.74, 6) is 0.875. The van der Waals surface area contributed by atoms with Gasteiger partial charge >= 0.3 is 0 Å². The van der Waals surface area contributed by atoms with Crippen molar-refractivity contribution in [3.8, 4) is 0 Å². The normalized spacial score (nSPS) is 27.3. The third kappa shape index (κ3) is 6.54. The van der Waals surface area contributed by atoms with Crippen molar-refractivity contribution in [2.24, 2.45) is 5.92 Å². The smallest absolute Gasteiger partial charge is 0.293 e. The Morgan fingerprint density at radius 3 is 2.35 bits per heavy atom. The fraction of sp³-hybridized carbons (Fsp3) is 0.900. The minimum Gasteiger partial charge on any atom is -0.381 e. The van der Waals surface area contributed by atoms with Crippen molar-refractivity contribution >= 4 is 0 Å². The molecule has 0 aromatic rings. The summed E-state index contributed by atoms with van der Waals surface area (Å²) in [4.78, 5) is 12.8. The van der Waals surface area contributed by atoms with E-state index < -0.39 is 0 Å². The first kappa shape index (κ1) is 22.9. The number of nitrogens with zero attached hydrogens (tertiary/aromatic N) is 2. The summed E-state index contributed by atoms with van der Waals surface area (Å²) in [6, 6.07) is 0. The highest BCUT2D eigenvalue weighted by atomic mass is 16.6. The van der Waals surface area contributed by atoms with E-state index >= 15 is 0 Å². The molecule has 0 radical (unpaired) electrons. The van der Waals surface area contributed by atoms with Crippen LogP contribution in [-0.4, -0.2) is 41.9 Å². The Morgan fingerprint density at radius 2 is 1.88 bits per heavy atom. The van der Waals surface area contributed by atoms with Gasteiger partial charge in [0.25, 0.3) is 5.70 Å². The highest BCUT2D eigenvalue weighted by Gasteiger charge is 2.42. The maximum absolute atomic E-state index is 11.1. The van der Waals surface area contributed by atoms with E-state index in [1.807, 2.05) is 11.8 Å². The highest BCUT2D eigenvalue weighted by Crippen LogP contribution is 2.35. The summed E-state index contributed by atoms with van der Waals surface area (Å²) in [6.07, 6.45) is 7.36. The average Bonchev–Trinajstić information content (AvgIpc) is 3.14. The van der Waals surface area contributed by atoms with Crippen molar-refractivity contribution in [3.05, 3.63) is 21.5 Å². The molecule has 3 aliphatic heterocycles. The van der Waals surface area contributed by atoms with Crippen LogP contribution in [0.15, 0.2) is 11.4 Å². The number of allylic oxidation sites excluding steroid dienone is 1. The van der Waals surface area contributed by atoms with Crippen LogP contribution < -0.4 is 0 Å². The first-order valence-electron chi connectivity index (χ1n) is 10.3. The maximum Gasteiger partial charge on any atom is 0.293 e. The Hall–Kier alpha value is -1.14. The van der Waals surface area contributed by atoms with Gasteiger partial charge in [-0.1, -0.05) is 40.5 Å². The van der Waals surface area contributed by atoms with Crippen molar-refractivity contribution in [2.45, 2.75) is 91.9 Å². The molecule has 2 fully saturated rings. The quantitative estimate of drug-likeness (QED) is 0.517. The molecule has 0 amide bonds. The van der Waals surface area contributed by atoms with Crippen molar-refractivity contribution in [1.29, 1.82) is 0 Å². The van der Waals surface area contributed by atoms with E-state index in [9.17, 15) is 10.1 Å². The van der Waals surface area contributed by atoms with Crippen LogP contribution in [0, 0.1) is 16.0 Å². The number of ether oxygens (including phenoxy) is 2. The van der Waals surface area contributed by atoms with Crippen LogP contribution in [-0.2, 0) is 9.47 Å². The minimum atomic E-state index is -0.290. The molecule has 3 heterocycles. The molecule has 3 unspecified atom stereocenters. The second-order valence-electron chi connectivity index (χ2n) is 7.28. The molecule has 0 aliphatic carbocycles. The van der Waals surface area contributed by atoms with E-state index in [-0.39, 0.29) is 23.0 Å². The molecule has 3 aliphatic rings. The van der Waals surface area contributed by atoms with Crippen LogP contribution in [0.3, 0.4) is 0 Å². The van der Waals surface area contributed by atoms with Crippen molar-refractivity contribution in [3.63, 3.8) is 0 Å². The highest BCUT2D eigenvalue weighted by molar-refractivity contribution is 5.14. The second-order valence-corrected chi connectivity index (χ2v) is 7.28. The molecule has 0 saturated carbocycles. The van der Waals surface area contributed by atoms with Gasteiger partial charge in [-0.15, -0.1) is 0 Å². The Kier molecular flexibility index (Phi) is 10.8. The first-order chi connectivity index (χ1) is 12.5. The Labute approximate surface area is 159 Å². The number of hydrogen-bond donors (Lipinski definition) is 0. The monoisotopic (exact) mass is 370 g/mol. The third-order valence-corrected chi connectivity index (χ3v) is 4.96. The molecule has 0 N–H and O–H groups in total. The predicted molar refractivity (Wildman–Crippen MR) is 104 cm³/mol. The molecule has 6 heteroatoms. The SMILES string of the molecule is CCC.CCC1CCOC1.CCCN1C(C)=C([N+](=O)[O-])C2CCCC1O2. The first-order valence-corrected chi connectivity index (χ1v) is 10.3.